The fourth-order valence-corrected chi connectivity index (χ4v) is 1.50. The summed E-state index contributed by atoms with van der Waals surface area (Å²) in [5.41, 5.74) is 7.09. The summed E-state index contributed by atoms with van der Waals surface area (Å²) in [5, 5.41) is 3.40. The fraction of sp³-hybridized carbons (Fsp3) is 0.500. The van der Waals surface area contributed by atoms with Gasteiger partial charge in [0.1, 0.15) is 0 Å². The van der Waals surface area contributed by atoms with Gasteiger partial charge in [-0.1, -0.05) is 37.3 Å². The van der Waals surface area contributed by atoms with Crippen molar-refractivity contribution >= 4 is 0 Å². The highest BCUT2D eigenvalue weighted by atomic mass is 15.1. The molecule has 1 rings (SSSR count). The number of nitrogens with two attached hydrogens (primary N) is 1. The van der Waals surface area contributed by atoms with Crippen molar-refractivity contribution in [3.63, 3.8) is 0 Å². The summed E-state index contributed by atoms with van der Waals surface area (Å²) in [7, 11) is 0. The number of rotatable bonds is 4. The van der Waals surface area contributed by atoms with Crippen molar-refractivity contribution in [2.45, 2.75) is 38.9 Å². The average Bonchev–Trinajstić information content (AvgIpc) is 2.18. The van der Waals surface area contributed by atoms with Gasteiger partial charge in [0.15, 0.2) is 0 Å². The maximum absolute atomic E-state index is 5.89. The van der Waals surface area contributed by atoms with Gasteiger partial charge in [0.2, 0.25) is 0 Å². The molecular weight excluding hydrogens is 172 g/mol. The van der Waals surface area contributed by atoms with Gasteiger partial charge in [-0.2, -0.15) is 0 Å². The Labute approximate surface area is 86.5 Å². The van der Waals surface area contributed by atoms with E-state index in [4.69, 9.17) is 5.73 Å². The van der Waals surface area contributed by atoms with Crippen molar-refractivity contribution in [3.05, 3.63) is 35.9 Å². The molecule has 0 aliphatic heterocycles. The van der Waals surface area contributed by atoms with Crippen LogP contribution < -0.4 is 11.1 Å². The van der Waals surface area contributed by atoms with Crippen LogP contribution in [0.25, 0.3) is 0 Å². The summed E-state index contributed by atoms with van der Waals surface area (Å²) < 4.78 is 0. The molecule has 0 spiro atoms. The molecule has 0 aromatic heterocycles. The second-order valence-electron chi connectivity index (χ2n) is 4.15. The zero-order chi connectivity index (χ0) is 10.6. The van der Waals surface area contributed by atoms with Crippen molar-refractivity contribution in [3.8, 4) is 0 Å². The lowest BCUT2D eigenvalue weighted by Crippen LogP contribution is -2.47. The van der Waals surface area contributed by atoms with Gasteiger partial charge in [0.05, 0.1) is 6.17 Å². The van der Waals surface area contributed by atoms with Gasteiger partial charge >= 0.3 is 0 Å². The van der Waals surface area contributed by atoms with Crippen LogP contribution in [0.4, 0.5) is 0 Å². The minimum atomic E-state index is -0.0588. The molecule has 2 heteroatoms. The predicted octanol–water partition coefficient (Wildman–Crippen LogP) is 2.21. The predicted molar refractivity (Wildman–Crippen MR) is 60.9 cm³/mol. The molecule has 14 heavy (non-hydrogen) atoms. The highest BCUT2D eigenvalue weighted by Gasteiger charge is 2.21. The molecule has 1 aromatic carbocycles. The van der Waals surface area contributed by atoms with E-state index in [9.17, 15) is 0 Å². The Bertz CT molecular complexity index is 267. The molecule has 1 unspecified atom stereocenters. The Kier molecular flexibility index (Phi) is 3.67. The van der Waals surface area contributed by atoms with E-state index in [1.54, 1.807) is 0 Å². The number of nitrogens with one attached hydrogen (secondary N) is 1. The molecular formula is C12H20N2. The first kappa shape index (κ1) is 11.2. The molecule has 0 bridgehead atoms. The number of hydrogen-bond donors (Lipinski definition) is 2. The quantitative estimate of drug-likeness (QED) is 0.718. The maximum Gasteiger partial charge on any atom is 0.0550 e. The molecule has 0 aliphatic rings. The zero-order valence-corrected chi connectivity index (χ0v) is 9.25. The van der Waals surface area contributed by atoms with Gasteiger partial charge in [-0.3, -0.25) is 5.32 Å². The molecule has 3 N–H and O–H groups in total. The molecule has 0 amide bonds. The van der Waals surface area contributed by atoms with Crippen LogP contribution in [0.2, 0.25) is 0 Å². The third-order valence-electron chi connectivity index (χ3n) is 2.48. The summed E-state index contributed by atoms with van der Waals surface area (Å²) in [5.74, 6) is 0. The molecule has 0 aliphatic carbocycles. The third kappa shape index (κ3) is 2.82. The van der Waals surface area contributed by atoms with Gasteiger partial charge in [-0.05, 0) is 25.8 Å². The molecule has 1 atom stereocenters. The van der Waals surface area contributed by atoms with E-state index in [2.05, 4.69) is 50.4 Å². The van der Waals surface area contributed by atoms with Crippen molar-refractivity contribution < 1.29 is 0 Å². The molecule has 0 radical (unpaired) electrons. The largest absolute Gasteiger partial charge is 0.316 e. The Morgan fingerprint density at radius 2 is 1.86 bits per heavy atom. The number of hydrogen-bond acceptors (Lipinski definition) is 2. The van der Waals surface area contributed by atoms with Crippen LogP contribution >= 0.6 is 0 Å². The second-order valence-corrected chi connectivity index (χ2v) is 4.15. The van der Waals surface area contributed by atoms with Crippen molar-refractivity contribution in [2.75, 3.05) is 0 Å². The summed E-state index contributed by atoms with van der Waals surface area (Å²) in [6.07, 6.45) is 1.00. The Balaban J connectivity index is 2.75. The summed E-state index contributed by atoms with van der Waals surface area (Å²) >= 11 is 0. The van der Waals surface area contributed by atoms with Gasteiger partial charge in [-0.15, -0.1) is 0 Å². The number of benzene rings is 1. The van der Waals surface area contributed by atoms with E-state index >= 15 is 0 Å². The van der Waals surface area contributed by atoms with Gasteiger partial charge in [0, 0.05) is 5.54 Å². The Morgan fingerprint density at radius 3 is 2.36 bits per heavy atom. The van der Waals surface area contributed by atoms with E-state index in [1.165, 1.54) is 5.56 Å². The third-order valence-corrected chi connectivity index (χ3v) is 2.48. The molecule has 2 nitrogen and oxygen atoms in total. The summed E-state index contributed by atoms with van der Waals surface area (Å²) in [4.78, 5) is 0. The summed E-state index contributed by atoms with van der Waals surface area (Å²) in [6.45, 7) is 6.38. The van der Waals surface area contributed by atoms with Crippen molar-refractivity contribution in [2.24, 2.45) is 5.73 Å². The zero-order valence-electron chi connectivity index (χ0n) is 9.25. The SMILES string of the molecule is CCC(N)NC(C)(C)c1ccccc1. The molecule has 0 saturated heterocycles. The minimum Gasteiger partial charge on any atom is -0.316 e. The lowest BCUT2D eigenvalue weighted by Gasteiger charge is -2.30. The van der Waals surface area contributed by atoms with E-state index in [-0.39, 0.29) is 11.7 Å². The highest BCUT2D eigenvalue weighted by molar-refractivity contribution is 5.22. The molecule has 0 saturated carbocycles. The van der Waals surface area contributed by atoms with E-state index in [0.717, 1.165) is 6.42 Å². The van der Waals surface area contributed by atoms with Gasteiger partial charge < -0.3 is 5.73 Å². The molecule has 0 heterocycles. The lowest BCUT2D eigenvalue weighted by molar-refractivity contribution is 0.338. The minimum absolute atomic E-state index is 0.0588. The van der Waals surface area contributed by atoms with Crippen LogP contribution in [-0.4, -0.2) is 6.17 Å². The summed E-state index contributed by atoms with van der Waals surface area (Å²) in [6, 6.07) is 10.4. The average molecular weight is 192 g/mol. The van der Waals surface area contributed by atoms with Crippen LogP contribution in [0.1, 0.15) is 32.8 Å². The molecule has 1 aromatic rings. The van der Waals surface area contributed by atoms with Crippen LogP contribution in [-0.2, 0) is 5.54 Å². The topological polar surface area (TPSA) is 38.0 Å². The van der Waals surface area contributed by atoms with Crippen LogP contribution in [0, 0.1) is 0 Å². The van der Waals surface area contributed by atoms with E-state index in [1.807, 2.05) is 6.07 Å². The first-order valence-corrected chi connectivity index (χ1v) is 5.15. The maximum atomic E-state index is 5.89. The van der Waals surface area contributed by atoms with E-state index in [0.29, 0.717) is 0 Å². The molecule has 78 valence electrons. The van der Waals surface area contributed by atoms with Crippen molar-refractivity contribution in [1.82, 2.24) is 5.32 Å². The smallest absolute Gasteiger partial charge is 0.0550 e. The Morgan fingerprint density at radius 1 is 1.29 bits per heavy atom. The van der Waals surface area contributed by atoms with Gasteiger partial charge in [0.25, 0.3) is 0 Å². The molecule has 0 fully saturated rings. The highest BCUT2D eigenvalue weighted by Crippen LogP contribution is 2.19. The van der Waals surface area contributed by atoms with Crippen LogP contribution in [0.5, 0.6) is 0 Å². The van der Waals surface area contributed by atoms with Crippen molar-refractivity contribution in [1.29, 1.82) is 0 Å². The standard InChI is InChI=1S/C12H20N2/c1-4-11(13)14-12(2,3)10-8-6-5-7-9-10/h5-9,11,14H,4,13H2,1-3H3. The first-order valence-electron chi connectivity index (χ1n) is 5.15. The van der Waals surface area contributed by atoms with E-state index < -0.39 is 0 Å². The normalized spacial score (nSPS) is 14.0. The Hall–Kier alpha value is -0.860. The first-order chi connectivity index (χ1) is 6.56. The van der Waals surface area contributed by atoms with Gasteiger partial charge in [-0.25, -0.2) is 0 Å². The monoisotopic (exact) mass is 192 g/mol. The second kappa shape index (κ2) is 4.58. The lowest BCUT2D eigenvalue weighted by atomic mass is 9.94. The van der Waals surface area contributed by atoms with Crippen LogP contribution in [0.15, 0.2) is 30.3 Å². The fourth-order valence-electron chi connectivity index (χ4n) is 1.50. The van der Waals surface area contributed by atoms with Crippen LogP contribution in [0.3, 0.4) is 0 Å².